The van der Waals surface area contributed by atoms with Crippen LogP contribution in [0.2, 0.25) is 0 Å². The van der Waals surface area contributed by atoms with Crippen LogP contribution < -0.4 is 0 Å². The Morgan fingerprint density at radius 3 is 2.31 bits per heavy atom. The number of aliphatic hydroxyl groups is 1. The predicted octanol–water partition coefficient (Wildman–Crippen LogP) is 0.557. The molecule has 94 valence electrons. The lowest BCUT2D eigenvalue weighted by Gasteiger charge is -2.51. The van der Waals surface area contributed by atoms with Crippen molar-refractivity contribution in [3.63, 3.8) is 0 Å². The van der Waals surface area contributed by atoms with Gasteiger partial charge in [-0.25, -0.2) is 0 Å². The van der Waals surface area contributed by atoms with Crippen molar-refractivity contribution in [1.82, 2.24) is 0 Å². The number of hydrogen-bond donors (Lipinski definition) is 1. The monoisotopic (exact) mass is 232 g/mol. The minimum atomic E-state index is -0.808. The van der Waals surface area contributed by atoms with Crippen molar-refractivity contribution in [3.8, 4) is 0 Å². The maximum atomic E-state index is 11.4. The molecule has 0 aromatic heterocycles. The minimum Gasteiger partial charge on any atom is -0.469 e. The Hall–Kier alpha value is -0.650. The summed E-state index contributed by atoms with van der Waals surface area (Å²) in [6.45, 7) is 4.57. The molecule has 1 aliphatic rings. The van der Waals surface area contributed by atoms with E-state index in [1.165, 1.54) is 7.11 Å². The summed E-state index contributed by atoms with van der Waals surface area (Å²) in [5.41, 5.74) is 0. The van der Waals surface area contributed by atoms with Gasteiger partial charge in [0.25, 0.3) is 0 Å². The summed E-state index contributed by atoms with van der Waals surface area (Å²) < 4.78 is 15.8. The fraction of sp³-hybridized carbons (Fsp3) is 0.909. The number of hydrogen-bond acceptors (Lipinski definition) is 5. The van der Waals surface area contributed by atoms with Gasteiger partial charge in [0.15, 0.2) is 5.79 Å². The summed E-state index contributed by atoms with van der Waals surface area (Å²) in [5, 5.41) is 9.32. The summed E-state index contributed by atoms with van der Waals surface area (Å²) in [6.07, 6.45) is 0.451. The van der Waals surface area contributed by atoms with Crippen molar-refractivity contribution in [2.75, 3.05) is 26.9 Å². The first kappa shape index (κ1) is 13.4. The van der Waals surface area contributed by atoms with E-state index in [9.17, 15) is 9.90 Å². The SMILES string of the molecule is CCOC1(OCC)C[C@@H](C(=O)OC)[C@@H]1CO. The van der Waals surface area contributed by atoms with Gasteiger partial charge in [0.1, 0.15) is 0 Å². The molecule has 0 aromatic rings. The van der Waals surface area contributed by atoms with Crippen molar-refractivity contribution in [1.29, 1.82) is 0 Å². The zero-order valence-corrected chi connectivity index (χ0v) is 10.1. The van der Waals surface area contributed by atoms with E-state index >= 15 is 0 Å². The summed E-state index contributed by atoms with van der Waals surface area (Å²) in [6, 6.07) is 0. The highest BCUT2D eigenvalue weighted by Gasteiger charge is 2.59. The lowest BCUT2D eigenvalue weighted by molar-refractivity contribution is -0.331. The zero-order chi connectivity index (χ0) is 12.2. The molecule has 0 bridgehead atoms. The van der Waals surface area contributed by atoms with Crippen molar-refractivity contribution < 1.29 is 24.1 Å². The first-order valence-electron chi connectivity index (χ1n) is 5.61. The Balaban J connectivity index is 2.71. The van der Waals surface area contributed by atoms with Crippen molar-refractivity contribution in [3.05, 3.63) is 0 Å². The molecule has 0 spiro atoms. The molecule has 0 radical (unpaired) electrons. The van der Waals surface area contributed by atoms with Crippen LogP contribution in [0.1, 0.15) is 20.3 Å². The van der Waals surface area contributed by atoms with Crippen LogP contribution in [-0.4, -0.2) is 43.8 Å². The lowest BCUT2D eigenvalue weighted by Crippen LogP contribution is -2.61. The van der Waals surface area contributed by atoms with E-state index in [0.717, 1.165) is 0 Å². The molecule has 0 amide bonds. The van der Waals surface area contributed by atoms with Crippen molar-refractivity contribution in [2.45, 2.75) is 26.1 Å². The number of ether oxygens (including phenoxy) is 3. The molecule has 0 aliphatic heterocycles. The molecule has 1 aliphatic carbocycles. The zero-order valence-electron chi connectivity index (χ0n) is 10.1. The minimum absolute atomic E-state index is 0.139. The molecular formula is C11H20O5. The average molecular weight is 232 g/mol. The van der Waals surface area contributed by atoms with E-state index in [0.29, 0.717) is 19.6 Å². The third-order valence-electron chi connectivity index (χ3n) is 3.03. The summed E-state index contributed by atoms with van der Waals surface area (Å²) >= 11 is 0. The van der Waals surface area contributed by atoms with Crippen LogP contribution in [0.25, 0.3) is 0 Å². The van der Waals surface area contributed by atoms with Gasteiger partial charge in [0.2, 0.25) is 0 Å². The number of carbonyl (C=O) groups is 1. The molecule has 16 heavy (non-hydrogen) atoms. The molecule has 1 fully saturated rings. The highest BCUT2D eigenvalue weighted by Crippen LogP contribution is 2.47. The Labute approximate surface area is 95.7 Å². The maximum Gasteiger partial charge on any atom is 0.309 e. The molecule has 0 aromatic carbocycles. The van der Waals surface area contributed by atoms with Crippen molar-refractivity contribution >= 4 is 5.97 Å². The van der Waals surface area contributed by atoms with E-state index in [1.807, 2.05) is 13.8 Å². The third kappa shape index (κ3) is 2.21. The van der Waals surface area contributed by atoms with Gasteiger partial charge >= 0.3 is 5.97 Å². The van der Waals surface area contributed by atoms with Crippen LogP contribution in [-0.2, 0) is 19.0 Å². The summed E-state index contributed by atoms with van der Waals surface area (Å²) in [7, 11) is 1.35. The van der Waals surface area contributed by atoms with Gasteiger partial charge in [0, 0.05) is 25.6 Å². The molecule has 5 nitrogen and oxygen atoms in total. The maximum absolute atomic E-state index is 11.4. The molecule has 1 rings (SSSR count). The molecular weight excluding hydrogens is 212 g/mol. The van der Waals surface area contributed by atoms with Gasteiger partial charge < -0.3 is 19.3 Å². The van der Waals surface area contributed by atoms with Crippen LogP contribution in [0.4, 0.5) is 0 Å². The topological polar surface area (TPSA) is 65.0 Å². The van der Waals surface area contributed by atoms with E-state index < -0.39 is 5.79 Å². The number of esters is 1. The van der Waals surface area contributed by atoms with Crippen LogP contribution in [0, 0.1) is 11.8 Å². The predicted molar refractivity (Wildman–Crippen MR) is 56.7 cm³/mol. The molecule has 0 saturated heterocycles. The fourth-order valence-corrected chi connectivity index (χ4v) is 2.27. The lowest BCUT2D eigenvalue weighted by atomic mass is 9.68. The highest BCUT2D eigenvalue weighted by molar-refractivity contribution is 5.74. The molecule has 5 heteroatoms. The quantitative estimate of drug-likeness (QED) is 0.535. The van der Waals surface area contributed by atoms with Gasteiger partial charge in [-0.1, -0.05) is 0 Å². The molecule has 1 saturated carbocycles. The molecule has 0 unspecified atom stereocenters. The van der Waals surface area contributed by atoms with Crippen LogP contribution in [0.3, 0.4) is 0 Å². The number of methoxy groups -OCH3 is 1. The van der Waals surface area contributed by atoms with E-state index in [1.54, 1.807) is 0 Å². The molecule has 1 N–H and O–H groups in total. The number of rotatable bonds is 6. The number of aliphatic hydroxyl groups excluding tert-OH is 1. The Morgan fingerprint density at radius 2 is 1.94 bits per heavy atom. The van der Waals surface area contributed by atoms with Crippen LogP contribution >= 0.6 is 0 Å². The Morgan fingerprint density at radius 1 is 1.38 bits per heavy atom. The first-order valence-corrected chi connectivity index (χ1v) is 5.61. The Bertz CT molecular complexity index is 235. The smallest absolute Gasteiger partial charge is 0.309 e. The second kappa shape index (κ2) is 5.61. The average Bonchev–Trinajstić information content (AvgIpc) is 2.25. The van der Waals surface area contributed by atoms with Crippen LogP contribution in [0.15, 0.2) is 0 Å². The highest BCUT2D eigenvalue weighted by atomic mass is 16.7. The van der Waals surface area contributed by atoms with Gasteiger partial charge in [-0.2, -0.15) is 0 Å². The van der Waals surface area contributed by atoms with Gasteiger partial charge in [-0.15, -0.1) is 0 Å². The normalized spacial score (nSPS) is 27.2. The van der Waals surface area contributed by atoms with Crippen molar-refractivity contribution in [2.24, 2.45) is 11.8 Å². The standard InChI is InChI=1S/C11H20O5/c1-4-15-11(16-5-2)6-8(9(11)7-12)10(13)14-3/h8-9,12H,4-7H2,1-3H3/t8-,9+/m1/s1. The first-order chi connectivity index (χ1) is 7.65. The van der Waals surface area contributed by atoms with E-state index in [2.05, 4.69) is 4.74 Å². The fourth-order valence-electron chi connectivity index (χ4n) is 2.27. The van der Waals surface area contributed by atoms with E-state index in [4.69, 9.17) is 9.47 Å². The van der Waals surface area contributed by atoms with E-state index in [-0.39, 0.29) is 24.4 Å². The summed E-state index contributed by atoms with van der Waals surface area (Å²) in [5.74, 6) is -1.78. The van der Waals surface area contributed by atoms with Gasteiger partial charge in [0.05, 0.1) is 19.6 Å². The Kier molecular flexibility index (Phi) is 4.70. The second-order valence-corrected chi connectivity index (χ2v) is 3.80. The summed E-state index contributed by atoms with van der Waals surface area (Å²) in [4.78, 5) is 11.4. The third-order valence-corrected chi connectivity index (χ3v) is 3.03. The molecule has 2 atom stereocenters. The van der Waals surface area contributed by atoms with Gasteiger partial charge in [-0.05, 0) is 13.8 Å². The largest absolute Gasteiger partial charge is 0.469 e. The number of carbonyl (C=O) groups excluding carboxylic acids is 1. The molecule has 0 heterocycles. The van der Waals surface area contributed by atoms with Crippen LogP contribution in [0.5, 0.6) is 0 Å². The van der Waals surface area contributed by atoms with Gasteiger partial charge in [-0.3, -0.25) is 4.79 Å². The second-order valence-electron chi connectivity index (χ2n) is 3.80.